The second-order valence-corrected chi connectivity index (χ2v) is 5.12. The van der Waals surface area contributed by atoms with Crippen LogP contribution in [0.1, 0.15) is 37.5 Å². The smallest absolute Gasteiger partial charge is 0.126 e. The molecule has 0 bridgehead atoms. The molecule has 0 unspecified atom stereocenters. The van der Waals surface area contributed by atoms with E-state index in [1.165, 1.54) is 0 Å². The Labute approximate surface area is 125 Å². The summed E-state index contributed by atoms with van der Waals surface area (Å²) < 4.78 is 0. The lowest BCUT2D eigenvalue weighted by Crippen LogP contribution is -2.00. The van der Waals surface area contributed by atoms with Crippen LogP contribution in [0.4, 0.5) is 0 Å². The molecule has 112 valence electrons. The van der Waals surface area contributed by atoms with E-state index < -0.39 is 0 Å². The van der Waals surface area contributed by atoms with Crippen molar-refractivity contribution >= 4 is 0 Å². The molecule has 2 aromatic rings. The van der Waals surface area contributed by atoms with Gasteiger partial charge in [0.25, 0.3) is 0 Å². The van der Waals surface area contributed by atoms with Crippen LogP contribution in [0.2, 0.25) is 0 Å². The Morgan fingerprint density at radius 1 is 0.667 bits per heavy atom. The molecule has 0 aromatic heterocycles. The van der Waals surface area contributed by atoms with E-state index in [1.54, 1.807) is 12.1 Å². The molecule has 3 N–H and O–H groups in total. The van der Waals surface area contributed by atoms with Crippen molar-refractivity contribution in [3.63, 3.8) is 0 Å². The molecule has 3 heteroatoms. The lowest BCUT2D eigenvalue weighted by molar-refractivity contribution is 0.432. The molecule has 2 rings (SSSR count). The topological polar surface area (TPSA) is 60.7 Å². The number of aromatic hydroxyl groups is 3. The fourth-order valence-corrected chi connectivity index (χ4v) is 2.90. The minimum absolute atomic E-state index is 0.192. The van der Waals surface area contributed by atoms with Crippen molar-refractivity contribution in [1.29, 1.82) is 0 Å². The molecule has 0 saturated heterocycles. The third-order valence-corrected chi connectivity index (χ3v) is 3.96. The quantitative estimate of drug-likeness (QED) is 0.791. The summed E-state index contributed by atoms with van der Waals surface area (Å²) in [4.78, 5) is 0. The second-order valence-electron chi connectivity index (χ2n) is 5.12. The van der Waals surface area contributed by atoms with Gasteiger partial charge in [-0.2, -0.15) is 0 Å². The number of phenols is 3. The highest BCUT2D eigenvalue weighted by Gasteiger charge is 2.21. The first-order chi connectivity index (χ1) is 10.0. The summed E-state index contributed by atoms with van der Waals surface area (Å²) >= 11 is 0. The molecule has 21 heavy (non-hydrogen) atoms. The van der Waals surface area contributed by atoms with Crippen LogP contribution in [0.5, 0.6) is 17.2 Å². The first kappa shape index (κ1) is 15.2. The van der Waals surface area contributed by atoms with E-state index in [4.69, 9.17) is 0 Å². The standard InChI is InChI=1S/C18H22O3/c1-4-13-16(11-7-9-12(19)10-8-11)14(5-2)18(21)15(6-3)17(13)20/h7-10,19-21H,4-6H2,1-3H3. The summed E-state index contributed by atoms with van der Waals surface area (Å²) in [5.74, 6) is 0.587. The third-order valence-electron chi connectivity index (χ3n) is 3.96. The number of rotatable bonds is 4. The van der Waals surface area contributed by atoms with Crippen molar-refractivity contribution in [3.8, 4) is 28.4 Å². The summed E-state index contributed by atoms with van der Waals surface area (Å²) in [6.45, 7) is 5.91. The van der Waals surface area contributed by atoms with Crippen molar-refractivity contribution in [2.45, 2.75) is 40.0 Å². The van der Waals surface area contributed by atoms with Crippen molar-refractivity contribution in [2.75, 3.05) is 0 Å². The maximum absolute atomic E-state index is 10.5. The van der Waals surface area contributed by atoms with Gasteiger partial charge in [0.2, 0.25) is 0 Å². The van der Waals surface area contributed by atoms with Crippen LogP contribution in [0.25, 0.3) is 11.1 Å². The van der Waals surface area contributed by atoms with E-state index in [2.05, 4.69) is 0 Å². The molecule has 0 aliphatic carbocycles. The Hall–Kier alpha value is -2.16. The van der Waals surface area contributed by atoms with Gasteiger partial charge in [0.15, 0.2) is 0 Å². The first-order valence-corrected chi connectivity index (χ1v) is 7.42. The summed E-state index contributed by atoms with van der Waals surface area (Å²) in [6, 6.07) is 6.87. The average molecular weight is 286 g/mol. The molecule has 3 nitrogen and oxygen atoms in total. The van der Waals surface area contributed by atoms with E-state index in [0.29, 0.717) is 24.8 Å². The predicted molar refractivity (Wildman–Crippen MR) is 85.0 cm³/mol. The zero-order chi connectivity index (χ0) is 15.6. The monoisotopic (exact) mass is 286 g/mol. The zero-order valence-electron chi connectivity index (χ0n) is 12.8. The minimum Gasteiger partial charge on any atom is -0.508 e. The Kier molecular flexibility index (Phi) is 4.41. The Morgan fingerprint density at radius 3 is 1.48 bits per heavy atom. The molecule has 0 fully saturated rings. The van der Waals surface area contributed by atoms with Gasteiger partial charge < -0.3 is 15.3 Å². The van der Waals surface area contributed by atoms with Gasteiger partial charge in [-0.15, -0.1) is 0 Å². The molecule has 0 heterocycles. The fourth-order valence-electron chi connectivity index (χ4n) is 2.90. The van der Waals surface area contributed by atoms with E-state index in [0.717, 1.165) is 22.3 Å². The maximum Gasteiger partial charge on any atom is 0.126 e. The molecule has 0 spiro atoms. The van der Waals surface area contributed by atoms with Crippen LogP contribution in [0, 0.1) is 0 Å². The molecule has 2 aromatic carbocycles. The number of phenolic OH excluding ortho intramolecular Hbond substituents is 3. The van der Waals surface area contributed by atoms with Gasteiger partial charge in [-0.25, -0.2) is 0 Å². The van der Waals surface area contributed by atoms with Crippen LogP contribution in [0.3, 0.4) is 0 Å². The van der Waals surface area contributed by atoms with Gasteiger partial charge in [0.1, 0.15) is 17.2 Å². The molecule has 0 aliphatic heterocycles. The predicted octanol–water partition coefficient (Wildman–Crippen LogP) is 4.16. The Balaban J connectivity index is 2.82. The van der Waals surface area contributed by atoms with Crippen LogP contribution in [-0.2, 0) is 19.3 Å². The van der Waals surface area contributed by atoms with Crippen molar-refractivity contribution in [2.24, 2.45) is 0 Å². The Bertz CT molecular complexity index is 611. The molecule has 0 radical (unpaired) electrons. The summed E-state index contributed by atoms with van der Waals surface area (Å²) in [5, 5.41) is 30.4. The van der Waals surface area contributed by atoms with Crippen LogP contribution < -0.4 is 0 Å². The van der Waals surface area contributed by atoms with Crippen molar-refractivity contribution < 1.29 is 15.3 Å². The lowest BCUT2D eigenvalue weighted by atomic mass is 9.87. The fraction of sp³-hybridized carbons (Fsp3) is 0.333. The van der Waals surface area contributed by atoms with Gasteiger partial charge in [-0.05, 0) is 42.5 Å². The van der Waals surface area contributed by atoms with Crippen molar-refractivity contribution in [3.05, 3.63) is 41.0 Å². The first-order valence-electron chi connectivity index (χ1n) is 7.42. The van der Waals surface area contributed by atoms with E-state index >= 15 is 0 Å². The number of hydrogen-bond acceptors (Lipinski definition) is 3. The van der Waals surface area contributed by atoms with Crippen LogP contribution in [-0.4, -0.2) is 15.3 Å². The highest BCUT2D eigenvalue weighted by Crippen LogP contribution is 2.43. The van der Waals surface area contributed by atoms with E-state index in [9.17, 15) is 15.3 Å². The maximum atomic E-state index is 10.5. The third kappa shape index (κ3) is 2.56. The highest BCUT2D eigenvalue weighted by molar-refractivity contribution is 5.78. The largest absolute Gasteiger partial charge is 0.508 e. The Morgan fingerprint density at radius 2 is 1.10 bits per heavy atom. The van der Waals surface area contributed by atoms with Gasteiger partial charge in [-0.1, -0.05) is 32.9 Å². The van der Waals surface area contributed by atoms with Gasteiger partial charge >= 0.3 is 0 Å². The molecular formula is C18H22O3. The molecule has 0 saturated carbocycles. The molecule has 0 atom stereocenters. The minimum atomic E-state index is 0.192. The van der Waals surface area contributed by atoms with Gasteiger partial charge in [0, 0.05) is 16.7 Å². The summed E-state index contributed by atoms with van der Waals surface area (Å²) in [7, 11) is 0. The van der Waals surface area contributed by atoms with Crippen LogP contribution in [0.15, 0.2) is 24.3 Å². The summed E-state index contributed by atoms with van der Waals surface area (Å²) in [6.07, 6.45) is 1.96. The normalized spacial score (nSPS) is 10.8. The molecule has 0 aliphatic rings. The lowest BCUT2D eigenvalue weighted by Gasteiger charge is -2.20. The highest BCUT2D eigenvalue weighted by atomic mass is 16.3. The second kappa shape index (κ2) is 6.08. The van der Waals surface area contributed by atoms with Crippen molar-refractivity contribution in [1.82, 2.24) is 0 Å². The van der Waals surface area contributed by atoms with Gasteiger partial charge in [-0.3, -0.25) is 0 Å². The molecule has 0 amide bonds. The zero-order valence-corrected chi connectivity index (χ0v) is 12.8. The number of benzene rings is 2. The average Bonchev–Trinajstić information content (AvgIpc) is 2.48. The summed E-state index contributed by atoms with van der Waals surface area (Å²) in [5.41, 5.74) is 4.10. The van der Waals surface area contributed by atoms with Gasteiger partial charge in [0.05, 0.1) is 0 Å². The molecular weight excluding hydrogens is 264 g/mol. The number of hydrogen-bond donors (Lipinski definition) is 3. The van der Waals surface area contributed by atoms with E-state index in [-0.39, 0.29) is 17.2 Å². The SMILES string of the molecule is CCc1c(O)c(CC)c(-c2ccc(O)cc2)c(CC)c1O. The van der Waals surface area contributed by atoms with E-state index in [1.807, 2.05) is 32.9 Å². The van der Waals surface area contributed by atoms with Crippen LogP contribution >= 0.6 is 0 Å².